The van der Waals surface area contributed by atoms with Crippen LogP contribution in [0.5, 0.6) is 0 Å². The van der Waals surface area contributed by atoms with E-state index in [1.807, 2.05) is 12.3 Å². The number of hydrogen-bond donors (Lipinski definition) is 1. The Balaban J connectivity index is 1.87. The minimum atomic E-state index is -0.854. The molecular weight excluding hydrogens is 230 g/mol. The molecule has 0 aromatic heterocycles. The molecule has 2 aliphatic rings. The van der Waals surface area contributed by atoms with Crippen molar-refractivity contribution in [2.75, 3.05) is 6.61 Å². The first-order valence-electron chi connectivity index (χ1n) is 6.15. The van der Waals surface area contributed by atoms with E-state index in [0.717, 1.165) is 36.1 Å². The van der Waals surface area contributed by atoms with E-state index >= 15 is 0 Å². The van der Waals surface area contributed by atoms with Gasteiger partial charge >= 0.3 is 6.09 Å². The molecule has 0 fully saturated rings. The number of hydrogen-bond acceptors (Lipinski definition) is 2. The zero-order valence-corrected chi connectivity index (χ0v) is 10.1. The van der Waals surface area contributed by atoms with Crippen LogP contribution in [0.3, 0.4) is 0 Å². The van der Waals surface area contributed by atoms with Crippen molar-refractivity contribution >= 4 is 11.7 Å². The quantitative estimate of drug-likeness (QED) is 0.827. The lowest BCUT2D eigenvalue weighted by atomic mass is 9.98. The molecule has 4 heteroatoms. The van der Waals surface area contributed by atoms with Crippen molar-refractivity contribution < 1.29 is 14.6 Å². The second-order valence-corrected chi connectivity index (χ2v) is 4.74. The van der Waals surface area contributed by atoms with Crippen molar-refractivity contribution in [1.82, 2.24) is 4.90 Å². The molecule has 0 bridgehead atoms. The normalized spacial score (nSPS) is 18.0. The van der Waals surface area contributed by atoms with E-state index in [2.05, 4.69) is 12.1 Å². The smallest absolute Gasteiger partial charge is 0.407 e. The van der Waals surface area contributed by atoms with Crippen LogP contribution in [0.1, 0.15) is 29.5 Å². The number of amides is 1. The Kier molecular flexibility index (Phi) is 2.70. The van der Waals surface area contributed by atoms with Gasteiger partial charge in [-0.05, 0) is 41.2 Å². The summed E-state index contributed by atoms with van der Waals surface area (Å²) in [6.07, 6.45) is 3.05. The number of ether oxygens (including phenoxy) is 1. The summed E-state index contributed by atoms with van der Waals surface area (Å²) < 4.78 is 5.35. The van der Waals surface area contributed by atoms with Crippen LogP contribution in [0.15, 0.2) is 24.5 Å². The Morgan fingerprint density at radius 1 is 1.28 bits per heavy atom. The minimum absolute atomic E-state index is 0.493. The average molecular weight is 245 g/mol. The number of nitrogens with zero attached hydrogens (tertiary/aromatic N) is 1. The van der Waals surface area contributed by atoms with Gasteiger partial charge in [-0.3, -0.25) is 4.90 Å². The fourth-order valence-corrected chi connectivity index (χ4v) is 2.51. The van der Waals surface area contributed by atoms with Gasteiger partial charge in [-0.1, -0.05) is 12.1 Å². The lowest BCUT2D eigenvalue weighted by Gasteiger charge is -2.14. The van der Waals surface area contributed by atoms with Gasteiger partial charge in [-0.25, -0.2) is 4.79 Å². The van der Waals surface area contributed by atoms with Crippen molar-refractivity contribution in [3.05, 3.63) is 41.2 Å². The number of fused-ring (bicyclic) bond motifs is 1. The third kappa shape index (κ3) is 1.94. The number of benzene rings is 1. The van der Waals surface area contributed by atoms with Crippen LogP contribution in [0.2, 0.25) is 0 Å². The molecule has 0 spiro atoms. The highest BCUT2D eigenvalue weighted by Crippen LogP contribution is 2.29. The Bertz CT molecular complexity index is 522. The predicted molar refractivity (Wildman–Crippen MR) is 66.9 cm³/mol. The molecule has 1 aromatic carbocycles. The van der Waals surface area contributed by atoms with Gasteiger partial charge < -0.3 is 9.84 Å². The van der Waals surface area contributed by atoms with E-state index in [1.54, 1.807) is 0 Å². The van der Waals surface area contributed by atoms with Crippen molar-refractivity contribution in [3.8, 4) is 0 Å². The number of carboxylic acid groups (broad SMARTS) is 1. The van der Waals surface area contributed by atoms with Gasteiger partial charge in [0, 0.05) is 13.1 Å². The van der Waals surface area contributed by atoms with Crippen molar-refractivity contribution in [2.45, 2.75) is 25.9 Å². The largest absolute Gasteiger partial charge is 0.501 e. The third-order valence-corrected chi connectivity index (χ3v) is 3.50. The van der Waals surface area contributed by atoms with Crippen LogP contribution in [-0.2, 0) is 17.8 Å². The Morgan fingerprint density at radius 3 is 2.83 bits per heavy atom. The monoisotopic (exact) mass is 245 g/mol. The standard InChI is InChI=1S/C14H15NO3/c16-14(17)15-7-11-4-3-10(6-13(11)8-15)12-2-1-5-18-9-12/h3-4,6,9H,1-2,5,7-8H2,(H,16,17). The van der Waals surface area contributed by atoms with E-state index in [4.69, 9.17) is 9.84 Å². The van der Waals surface area contributed by atoms with Gasteiger partial charge in [0.15, 0.2) is 0 Å². The molecule has 94 valence electrons. The SMILES string of the molecule is O=C(O)N1Cc2ccc(C3=COCCC3)cc2C1. The summed E-state index contributed by atoms with van der Waals surface area (Å²) >= 11 is 0. The van der Waals surface area contributed by atoms with E-state index in [0.29, 0.717) is 13.1 Å². The van der Waals surface area contributed by atoms with Crippen molar-refractivity contribution in [1.29, 1.82) is 0 Å². The van der Waals surface area contributed by atoms with Gasteiger partial charge in [-0.15, -0.1) is 0 Å². The zero-order valence-electron chi connectivity index (χ0n) is 10.1. The second-order valence-electron chi connectivity index (χ2n) is 4.74. The second kappa shape index (κ2) is 4.37. The average Bonchev–Trinajstić information content (AvgIpc) is 2.82. The first kappa shape index (κ1) is 11.1. The third-order valence-electron chi connectivity index (χ3n) is 3.50. The number of allylic oxidation sites excluding steroid dienone is 1. The van der Waals surface area contributed by atoms with Crippen LogP contribution in [0.25, 0.3) is 5.57 Å². The summed E-state index contributed by atoms with van der Waals surface area (Å²) in [6, 6.07) is 6.19. The van der Waals surface area contributed by atoms with Crippen molar-refractivity contribution in [2.24, 2.45) is 0 Å². The van der Waals surface area contributed by atoms with Crippen LogP contribution < -0.4 is 0 Å². The maximum absolute atomic E-state index is 11.0. The molecule has 0 atom stereocenters. The lowest BCUT2D eigenvalue weighted by Crippen LogP contribution is -2.22. The van der Waals surface area contributed by atoms with E-state index in [1.165, 1.54) is 10.5 Å². The van der Waals surface area contributed by atoms with Crippen LogP contribution in [0, 0.1) is 0 Å². The summed E-state index contributed by atoms with van der Waals surface area (Å²) in [4.78, 5) is 12.4. The number of rotatable bonds is 1. The number of carbonyl (C=O) groups is 1. The highest BCUT2D eigenvalue weighted by molar-refractivity contribution is 5.69. The molecule has 0 aliphatic carbocycles. The topological polar surface area (TPSA) is 49.8 Å². The molecule has 2 aliphatic heterocycles. The summed E-state index contributed by atoms with van der Waals surface area (Å²) in [5.41, 5.74) is 4.58. The summed E-state index contributed by atoms with van der Waals surface area (Å²) in [6.45, 7) is 1.79. The molecule has 2 heterocycles. The van der Waals surface area contributed by atoms with Gasteiger partial charge in [0.05, 0.1) is 12.9 Å². The molecule has 3 rings (SSSR count). The van der Waals surface area contributed by atoms with Crippen LogP contribution in [0.4, 0.5) is 4.79 Å². The Labute approximate surface area is 105 Å². The molecule has 1 N–H and O–H groups in total. The first-order valence-corrected chi connectivity index (χ1v) is 6.15. The molecule has 4 nitrogen and oxygen atoms in total. The van der Waals surface area contributed by atoms with Crippen LogP contribution >= 0.6 is 0 Å². The molecule has 0 saturated heterocycles. The Hall–Kier alpha value is -1.97. The molecule has 0 radical (unpaired) electrons. The molecule has 1 amide bonds. The highest BCUT2D eigenvalue weighted by Gasteiger charge is 2.23. The highest BCUT2D eigenvalue weighted by atomic mass is 16.5. The summed E-state index contributed by atoms with van der Waals surface area (Å²) in [5, 5.41) is 9.00. The van der Waals surface area contributed by atoms with Gasteiger partial charge in [0.1, 0.15) is 0 Å². The first-order chi connectivity index (χ1) is 8.74. The molecule has 1 aromatic rings. The molecule has 0 unspecified atom stereocenters. The lowest BCUT2D eigenvalue weighted by molar-refractivity contribution is 0.145. The van der Waals surface area contributed by atoms with Crippen LogP contribution in [-0.4, -0.2) is 22.7 Å². The zero-order chi connectivity index (χ0) is 12.5. The van der Waals surface area contributed by atoms with Gasteiger partial charge in [0.25, 0.3) is 0 Å². The van der Waals surface area contributed by atoms with Gasteiger partial charge in [0.2, 0.25) is 0 Å². The maximum atomic E-state index is 11.0. The summed E-state index contributed by atoms with van der Waals surface area (Å²) in [7, 11) is 0. The molecular formula is C14H15NO3. The minimum Gasteiger partial charge on any atom is -0.501 e. The van der Waals surface area contributed by atoms with E-state index < -0.39 is 6.09 Å². The predicted octanol–water partition coefficient (Wildman–Crippen LogP) is 2.83. The Morgan fingerprint density at radius 2 is 2.11 bits per heavy atom. The van der Waals surface area contributed by atoms with E-state index in [9.17, 15) is 4.79 Å². The maximum Gasteiger partial charge on any atom is 0.407 e. The van der Waals surface area contributed by atoms with E-state index in [-0.39, 0.29) is 0 Å². The van der Waals surface area contributed by atoms with Gasteiger partial charge in [-0.2, -0.15) is 0 Å². The summed E-state index contributed by atoms with van der Waals surface area (Å²) in [5.74, 6) is 0. The molecule has 0 saturated carbocycles. The van der Waals surface area contributed by atoms with Crippen molar-refractivity contribution in [3.63, 3.8) is 0 Å². The fraction of sp³-hybridized carbons (Fsp3) is 0.357. The fourth-order valence-electron chi connectivity index (χ4n) is 2.51. The molecule has 18 heavy (non-hydrogen) atoms.